The topological polar surface area (TPSA) is 51.0 Å². The number of nitrogens with zero attached hydrogens (tertiary/aromatic N) is 2. The molecule has 1 aromatic carbocycles. The third kappa shape index (κ3) is 3.58. The largest absolute Gasteiger partial charge is 0.423 e. The number of benzene rings is 1. The van der Waals surface area contributed by atoms with Gasteiger partial charge in [0.25, 0.3) is 0 Å². The number of unbranched alkanes of at least 4 members (excludes halogenated alkanes) is 3. The average molecular weight is 245 g/mol. The first-order valence-corrected chi connectivity index (χ1v) is 6.50. The summed E-state index contributed by atoms with van der Waals surface area (Å²) >= 11 is 0. The SMILES string of the molecule is CCCCCCNc1cccc(-c2nnco2)c1. The van der Waals surface area contributed by atoms with Crippen molar-refractivity contribution in [2.45, 2.75) is 32.6 Å². The molecule has 0 spiro atoms. The normalized spacial score (nSPS) is 10.5. The Kier molecular flexibility index (Phi) is 4.76. The third-order valence-corrected chi connectivity index (χ3v) is 2.83. The highest BCUT2D eigenvalue weighted by Gasteiger charge is 2.03. The monoisotopic (exact) mass is 245 g/mol. The Balaban J connectivity index is 1.88. The van der Waals surface area contributed by atoms with Gasteiger partial charge in [-0.05, 0) is 24.6 Å². The van der Waals surface area contributed by atoms with Crippen LogP contribution in [0.15, 0.2) is 35.1 Å². The fourth-order valence-corrected chi connectivity index (χ4v) is 1.85. The van der Waals surface area contributed by atoms with Crippen LogP contribution in [0.25, 0.3) is 11.5 Å². The fourth-order valence-electron chi connectivity index (χ4n) is 1.85. The van der Waals surface area contributed by atoms with Crippen LogP contribution in [-0.2, 0) is 0 Å². The van der Waals surface area contributed by atoms with Gasteiger partial charge in [-0.25, -0.2) is 0 Å². The second kappa shape index (κ2) is 6.79. The van der Waals surface area contributed by atoms with E-state index in [1.54, 1.807) is 0 Å². The van der Waals surface area contributed by atoms with Crippen LogP contribution in [0.4, 0.5) is 5.69 Å². The summed E-state index contributed by atoms with van der Waals surface area (Å²) in [4.78, 5) is 0. The van der Waals surface area contributed by atoms with Crippen molar-refractivity contribution >= 4 is 5.69 Å². The first-order valence-electron chi connectivity index (χ1n) is 6.50. The van der Waals surface area contributed by atoms with E-state index in [2.05, 4.69) is 28.5 Å². The molecule has 2 rings (SSSR count). The van der Waals surface area contributed by atoms with E-state index in [-0.39, 0.29) is 0 Å². The van der Waals surface area contributed by atoms with Crippen molar-refractivity contribution in [3.05, 3.63) is 30.7 Å². The molecule has 0 atom stereocenters. The second-order valence-corrected chi connectivity index (χ2v) is 4.31. The van der Waals surface area contributed by atoms with Gasteiger partial charge >= 0.3 is 0 Å². The second-order valence-electron chi connectivity index (χ2n) is 4.31. The molecule has 1 N–H and O–H groups in total. The van der Waals surface area contributed by atoms with Gasteiger partial charge in [0.2, 0.25) is 12.3 Å². The maximum atomic E-state index is 5.18. The minimum atomic E-state index is 0.560. The van der Waals surface area contributed by atoms with Gasteiger partial charge in [-0.3, -0.25) is 0 Å². The van der Waals surface area contributed by atoms with Crippen LogP contribution in [0.5, 0.6) is 0 Å². The van der Waals surface area contributed by atoms with Gasteiger partial charge in [-0.1, -0.05) is 32.3 Å². The zero-order valence-electron chi connectivity index (χ0n) is 10.7. The molecule has 0 fully saturated rings. The van der Waals surface area contributed by atoms with Crippen molar-refractivity contribution in [3.8, 4) is 11.5 Å². The number of rotatable bonds is 7. The molecule has 1 aromatic heterocycles. The molecule has 0 aliphatic rings. The molecule has 0 aliphatic heterocycles. The highest BCUT2D eigenvalue weighted by atomic mass is 16.4. The predicted molar refractivity (Wildman–Crippen MR) is 72.4 cm³/mol. The lowest BCUT2D eigenvalue weighted by molar-refractivity contribution is 0.568. The standard InChI is InChI=1S/C14H19N3O/c1-2-3-4-5-9-15-13-8-6-7-12(10-13)14-17-16-11-18-14/h6-8,10-11,15H,2-5,9H2,1H3. The van der Waals surface area contributed by atoms with Crippen LogP contribution in [0.3, 0.4) is 0 Å². The van der Waals surface area contributed by atoms with Crippen molar-refractivity contribution in [2.75, 3.05) is 11.9 Å². The quantitative estimate of drug-likeness (QED) is 0.755. The summed E-state index contributed by atoms with van der Waals surface area (Å²) in [5.74, 6) is 0.560. The summed E-state index contributed by atoms with van der Waals surface area (Å²) in [6.45, 7) is 3.23. The van der Waals surface area contributed by atoms with E-state index >= 15 is 0 Å². The van der Waals surface area contributed by atoms with Crippen LogP contribution in [0, 0.1) is 0 Å². The molecule has 0 radical (unpaired) electrons. The Morgan fingerprint density at radius 1 is 1.22 bits per heavy atom. The highest BCUT2D eigenvalue weighted by Crippen LogP contribution is 2.20. The first kappa shape index (κ1) is 12.6. The molecule has 0 aliphatic carbocycles. The van der Waals surface area contributed by atoms with Gasteiger partial charge in [0.1, 0.15) is 0 Å². The average Bonchev–Trinajstić information content (AvgIpc) is 2.93. The van der Waals surface area contributed by atoms with Crippen molar-refractivity contribution < 1.29 is 4.42 Å². The molecule has 18 heavy (non-hydrogen) atoms. The molecule has 2 aromatic rings. The number of aromatic nitrogens is 2. The van der Waals surface area contributed by atoms with Crippen LogP contribution in [0.1, 0.15) is 32.6 Å². The molecule has 0 amide bonds. The highest BCUT2D eigenvalue weighted by molar-refractivity contribution is 5.60. The molecule has 96 valence electrons. The molecule has 0 saturated heterocycles. The fraction of sp³-hybridized carbons (Fsp3) is 0.429. The minimum Gasteiger partial charge on any atom is -0.423 e. The summed E-state index contributed by atoms with van der Waals surface area (Å²) in [7, 11) is 0. The van der Waals surface area contributed by atoms with E-state index < -0.39 is 0 Å². The van der Waals surface area contributed by atoms with E-state index in [0.717, 1.165) is 17.8 Å². The zero-order chi connectivity index (χ0) is 12.6. The Labute approximate surface area is 107 Å². The minimum absolute atomic E-state index is 0.560. The Morgan fingerprint density at radius 2 is 2.17 bits per heavy atom. The van der Waals surface area contributed by atoms with Crippen molar-refractivity contribution in [3.63, 3.8) is 0 Å². The Bertz CT molecular complexity index is 454. The molecule has 4 heteroatoms. The van der Waals surface area contributed by atoms with Crippen LogP contribution < -0.4 is 5.32 Å². The van der Waals surface area contributed by atoms with Gasteiger partial charge in [-0.2, -0.15) is 0 Å². The van der Waals surface area contributed by atoms with Gasteiger partial charge < -0.3 is 9.73 Å². The summed E-state index contributed by atoms with van der Waals surface area (Å²) < 4.78 is 5.18. The van der Waals surface area contributed by atoms with Crippen LogP contribution in [-0.4, -0.2) is 16.7 Å². The lowest BCUT2D eigenvalue weighted by Crippen LogP contribution is -2.01. The van der Waals surface area contributed by atoms with Gasteiger partial charge in [-0.15, -0.1) is 10.2 Å². The summed E-state index contributed by atoms with van der Waals surface area (Å²) in [6, 6.07) is 8.05. The lowest BCUT2D eigenvalue weighted by atomic mass is 10.2. The summed E-state index contributed by atoms with van der Waals surface area (Å²) in [6.07, 6.45) is 6.42. The molecular formula is C14H19N3O. The van der Waals surface area contributed by atoms with Crippen molar-refractivity contribution in [1.29, 1.82) is 0 Å². The van der Waals surface area contributed by atoms with Crippen molar-refractivity contribution in [2.24, 2.45) is 0 Å². The number of anilines is 1. The number of hydrogen-bond donors (Lipinski definition) is 1. The zero-order valence-corrected chi connectivity index (χ0v) is 10.7. The molecule has 0 unspecified atom stereocenters. The van der Waals surface area contributed by atoms with Gasteiger partial charge in [0, 0.05) is 17.8 Å². The molecule has 4 nitrogen and oxygen atoms in total. The van der Waals surface area contributed by atoms with Crippen molar-refractivity contribution in [1.82, 2.24) is 10.2 Å². The molecule has 0 saturated carbocycles. The lowest BCUT2D eigenvalue weighted by Gasteiger charge is -2.06. The van der Waals surface area contributed by atoms with E-state index in [4.69, 9.17) is 4.42 Å². The van der Waals surface area contributed by atoms with Crippen LogP contribution >= 0.6 is 0 Å². The summed E-state index contributed by atoms with van der Waals surface area (Å²) in [5, 5.41) is 11.0. The first-order chi connectivity index (χ1) is 8.90. The Morgan fingerprint density at radius 3 is 2.94 bits per heavy atom. The van der Waals surface area contributed by atoms with E-state index in [9.17, 15) is 0 Å². The smallest absolute Gasteiger partial charge is 0.247 e. The van der Waals surface area contributed by atoms with E-state index in [1.807, 2.05) is 18.2 Å². The number of hydrogen-bond acceptors (Lipinski definition) is 4. The third-order valence-electron chi connectivity index (χ3n) is 2.83. The molecular weight excluding hydrogens is 226 g/mol. The maximum Gasteiger partial charge on any atom is 0.247 e. The Hall–Kier alpha value is -1.84. The maximum absolute atomic E-state index is 5.18. The van der Waals surface area contributed by atoms with E-state index in [1.165, 1.54) is 32.1 Å². The number of nitrogens with one attached hydrogen (secondary N) is 1. The van der Waals surface area contributed by atoms with Crippen LogP contribution in [0.2, 0.25) is 0 Å². The molecule has 0 bridgehead atoms. The van der Waals surface area contributed by atoms with Gasteiger partial charge in [0.05, 0.1) is 0 Å². The molecule has 1 heterocycles. The summed E-state index contributed by atoms with van der Waals surface area (Å²) in [5.41, 5.74) is 2.05. The van der Waals surface area contributed by atoms with E-state index in [0.29, 0.717) is 5.89 Å². The predicted octanol–water partition coefficient (Wildman–Crippen LogP) is 3.73. The van der Waals surface area contributed by atoms with Gasteiger partial charge in [0.15, 0.2) is 0 Å².